The fraction of sp³-hybridized carbons (Fsp3) is 0.250. The maximum absolute atomic E-state index is 12.4. The molecule has 2 aromatic rings. The first-order chi connectivity index (χ1) is 11.7. The fourth-order valence-electron chi connectivity index (χ4n) is 2.18. The maximum Gasteiger partial charge on any atom is 0.340 e. The van der Waals surface area contributed by atoms with E-state index in [9.17, 15) is 9.59 Å². The van der Waals surface area contributed by atoms with Gasteiger partial charge < -0.3 is 9.47 Å². The van der Waals surface area contributed by atoms with E-state index in [-0.39, 0.29) is 18.8 Å². The molecule has 24 heavy (non-hydrogen) atoms. The van der Waals surface area contributed by atoms with Crippen LogP contribution in [-0.4, -0.2) is 18.0 Å². The fourth-order valence-corrected chi connectivity index (χ4v) is 2.18. The van der Waals surface area contributed by atoms with Crippen molar-refractivity contribution in [2.24, 2.45) is 0 Å². The van der Waals surface area contributed by atoms with Gasteiger partial charge in [-0.1, -0.05) is 67.6 Å². The molecule has 0 N–H and O–H groups in total. The van der Waals surface area contributed by atoms with Gasteiger partial charge in [0.15, 0.2) is 6.10 Å². The lowest BCUT2D eigenvalue weighted by Crippen LogP contribution is -2.29. The van der Waals surface area contributed by atoms with Crippen LogP contribution in [0.4, 0.5) is 0 Å². The zero-order valence-electron chi connectivity index (χ0n) is 13.6. The van der Waals surface area contributed by atoms with Crippen LogP contribution in [0.25, 0.3) is 0 Å². The third kappa shape index (κ3) is 5.20. The summed E-state index contributed by atoms with van der Waals surface area (Å²) in [6, 6.07) is 18.8. The Balaban J connectivity index is 2.02. The maximum atomic E-state index is 12.4. The Labute approximate surface area is 141 Å². The van der Waals surface area contributed by atoms with Gasteiger partial charge in [-0.15, -0.1) is 0 Å². The van der Waals surface area contributed by atoms with Crippen molar-refractivity contribution in [3.63, 3.8) is 0 Å². The normalized spacial score (nSPS) is 11.4. The van der Waals surface area contributed by atoms with Crippen LogP contribution in [0.1, 0.15) is 24.5 Å². The second-order valence-electron chi connectivity index (χ2n) is 5.25. The minimum absolute atomic E-state index is 0.140. The molecular weight excluding hydrogens is 304 g/mol. The Morgan fingerprint density at radius 2 is 1.50 bits per heavy atom. The Morgan fingerprint density at radius 3 is 2.00 bits per heavy atom. The first-order valence-electron chi connectivity index (χ1n) is 7.84. The molecule has 0 aromatic heterocycles. The minimum atomic E-state index is -1.03. The SMILES string of the molecule is CCC(=C=O)C(OCc1ccccc1)C(=O)OCc1ccccc1. The van der Waals surface area contributed by atoms with Crippen LogP contribution in [0.5, 0.6) is 0 Å². The second kappa shape index (κ2) is 9.46. The van der Waals surface area contributed by atoms with Gasteiger partial charge in [-0.2, -0.15) is 0 Å². The molecule has 0 bridgehead atoms. The number of carbonyl (C=O) groups is 1. The molecular formula is C20H20O4. The van der Waals surface area contributed by atoms with Crippen molar-refractivity contribution in [2.75, 3.05) is 0 Å². The third-order valence-electron chi connectivity index (χ3n) is 3.53. The van der Waals surface area contributed by atoms with Crippen molar-refractivity contribution in [2.45, 2.75) is 32.7 Å². The largest absolute Gasteiger partial charge is 0.459 e. The molecule has 0 aliphatic heterocycles. The molecule has 1 unspecified atom stereocenters. The van der Waals surface area contributed by atoms with Crippen LogP contribution in [0.2, 0.25) is 0 Å². The molecule has 1 atom stereocenters. The zero-order valence-corrected chi connectivity index (χ0v) is 13.6. The molecule has 0 aliphatic rings. The van der Waals surface area contributed by atoms with Gasteiger partial charge in [0.2, 0.25) is 0 Å². The van der Waals surface area contributed by atoms with E-state index in [0.29, 0.717) is 6.42 Å². The third-order valence-corrected chi connectivity index (χ3v) is 3.53. The summed E-state index contributed by atoms with van der Waals surface area (Å²) in [5.41, 5.74) is 2.05. The Kier molecular flexibility index (Phi) is 6.96. The highest BCUT2D eigenvalue weighted by Crippen LogP contribution is 2.14. The van der Waals surface area contributed by atoms with E-state index in [1.54, 1.807) is 6.92 Å². The average molecular weight is 324 g/mol. The molecule has 0 amide bonds. The summed E-state index contributed by atoms with van der Waals surface area (Å²) >= 11 is 0. The van der Waals surface area contributed by atoms with E-state index >= 15 is 0 Å². The smallest absolute Gasteiger partial charge is 0.340 e. The molecule has 4 heteroatoms. The lowest BCUT2D eigenvalue weighted by atomic mass is 10.1. The molecule has 0 radical (unpaired) electrons. The van der Waals surface area contributed by atoms with Gasteiger partial charge in [-0.3, -0.25) is 0 Å². The van der Waals surface area contributed by atoms with E-state index in [0.717, 1.165) is 11.1 Å². The molecule has 2 rings (SSSR count). The lowest BCUT2D eigenvalue weighted by molar-refractivity contribution is -0.156. The average Bonchev–Trinajstić information content (AvgIpc) is 2.65. The molecule has 0 fully saturated rings. The molecule has 0 saturated carbocycles. The van der Waals surface area contributed by atoms with Gasteiger partial charge in [0.1, 0.15) is 12.5 Å². The summed E-state index contributed by atoms with van der Waals surface area (Å²) in [6.07, 6.45) is -0.653. The van der Waals surface area contributed by atoms with E-state index in [2.05, 4.69) is 0 Å². The summed E-state index contributed by atoms with van der Waals surface area (Å²) in [7, 11) is 0. The van der Waals surface area contributed by atoms with Crippen LogP contribution in [0.15, 0.2) is 66.2 Å². The molecule has 0 aliphatic carbocycles. The van der Waals surface area contributed by atoms with E-state index < -0.39 is 12.1 Å². The van der Waals surface area contributed by atoms with Gasteiger partial charge in [-0.25, -0.2) is 9.59 Å². The van der Waals surface area contributed by atoms with E-state index in [1.807, 2.05) is 66.6 Å². The Morgan fingerprint density at radius 1 is 0.958 bits per heavy atom. The lowest BCUT2D eigenvalue weighted by Gasteiger charge is -2.17. The zero-order chi connectivity index (χ0) is 17.2. The van der Waals surface area contributed by atoms with Gasteiger partial charge in [0, 0.05) is 0 Å². The highest BCUT2D eigenvalue weighted by atomic mass is 16.6. The van der Waals surface area contributed by atoms with Gasteiger partial charge in [0.05, 0.1) is 12.2 Å². The molecule has 0 saturated heterocycles. The minimum Gasteiger partial charge on any atom is -0.459 e. The number of ether oxygens (including phenoxy) is 2. The number of hydrogen-bond donors (Lipinski definition) is 0. The summed E-state index contributed by atoms with van der Waals surface area (Å²) in [5.74, 6) is 1.23. The van der Waals surface area contributed by atoms with Crippen molar-refractivity contribution in [3.8, 4) is 0 Å². The topological polar surface area (TPSA) is 52.6 Å². The van der Waals surface area contributed by atoms with Crippen LogP contribution >= 0.6 is 0 Å². The van der Waals surface area contributed by atoms with Crippen LogP contribution < -0.4 is 0 Å². The Hall–Kier alpha value is -2.68. The molecule has 0 spiro atoms. The number of esters is 1. The predicted molar refractivity (Wildman–Crippen MR) is 90.8 cm³/mol. The second-order valence-corrected chi connectivity index (χ2v) is 5.25. The van der Waals surface area contributed by atoms with Crippen molar-refractivity contribution >= 4 is 11.9 Å². The highest BCUT2D eigenvalue weighted by Gasteiger charge is 2.25. The number of hydrogen-bond acceptors (Lipinski definition) is 4. The van der Waals surface area contributed by atoms with Crippen LogP contribution in [-0.2, 0) is 32.3 Å². The van der Waals surface area contributed by atoms with Gasteiger partial charge >= 0.3 is 5.97 Å². The molecule has 2 aromatic carbocycles. The first-order valence-corrected chi connectivity index (χ1v) is 7.84. The van der Waals surface area contributed by atoms with E-state index in [4.69, 9.17) is 9.47 Å². The van der Waals surface area contributed by atoms with E-state index in [1.165, 1.54) is 0 Å². The van der Waals surface area contributed by atoms with Gasteiger partial charge in [0.25, 0.3) is 0 Å². The molecule has 4 nitrogen and oxygen atoms in total. The molecule has 0 heterocycles. The van der Waals surface area contributed by atoms with Crippen LogP contribution in [0.3, 0.4) is 0 Å². The van der Waals surface area contributed by atoms with Crippen molar-refractivity contribution in [1.29, 1.82) is 0 Å². The first kappa shape index (κ1) is 17.7. The number of rotatable bonds is 8. The molecule has 124 valence electrons. The van der Waals surface area contributed by atoms with Crippen molar-refractivity contribution in [3.05, 3.63) is 77.4 Å². The predicted octanol–water partition coefficient (Wildman–Crippen LogP) is 3.48. The summed E-state index contributed by atoms with van der Waals surface area (Å²) in [4.78, 5) is 23.5. The summed E-state index contributed by atoms with van der Waals surface area (Å²) in [6.45, 7) is 2.14. The summed E-state index contributed by atoms with van der Waals surface area (Å²) < 4.78 is 10.9. The standard InChI is InChI=1S/C20H20O4/c1-2-18(13-21)19(23-14-16-9-5-3-6-10-16)20(22)24-15-17-11-7-4-8-12-17/h3-12,19H,2,14-15H2,1H3. The number of benzene rings is 2. The number of carbonyl (C=O) groups excluding carboxylic acids is 2. The van der Waals surface area contributed by atoms with Gasteiger partial charge in [-0.05, 0) is 17.5 Å². The quantitative estimate of drug-likeness (QED) is 0.551. The van der Waals surface area contributed by atoms with Crippen LogP contribution in [0, 0.1) is 0 Å². The Bertz CT molecular complexity index is 688. The monoisotopic (exact) mass is 324 g/mol. The highest BCUT2D eigenvalue weighted by molar-refractivity contribution is 5.81. The summed E-state index contributed by atoms with van der Waals surface area (Å²) in [5, 5.41) is 0. The van der Waals surface area contributed by atoms with Crippen molar-refractivity contribution in [1.82, 2.24) is 0 Å². The van der Waals surface area contributed by atoms with Crippen molar-refractivity contribution < 1.29 is 19.1 Å².